The van der Waals surface area contributed by atoms with Crippen molar-refractivity contribution in [2.45, 2.75) is 32.7 Å². The van der Waals surface area contributed by atoms with E-state index in [0.717, 1.165) is 24.8 Å². The summed E-state index contributed by atoms with van der Waals surface area (Å²) in [5, 5.41) is 5.88. The first-order valence-electron chi connectivity index (χ1n) is 9.52. The van der Waals surface area contributed by atoms with Crippen LogP contribution in [0.5, 0.6) is 0 Å². The Morgan fingerprint density at radius 1 is 1.07 bits per heavy atom. The average Bonchev–Trinajstić information content (AvgIpc) is 3.17. The molecular weight excluding hydrogens is 338 g/mol. The molecule has 5 nitrogen and oxygen atoms in total. The molecule has 1 saturated carbocycles. The molecular formula is C22H27N3O2. The zero-order valence-corrected chi connectivity index (χ0v) is 15.7. The van der Waals surface area contributed by atoms with Crippen molar-refractivity contribution in [3.63, 3.8) is 0 Å². The molecule has 0 spiro atoms. The second kappa shape index (κ2) is 8.82. The fraction of sp³-hybridized carbons (Fsp3) is 0.364. The molecule has 0 heterocycles. The van der Waals surface area contributed by atoms with Crippen molar-refractivity contribution in [3.8, 4) is 0 Å². The Labute approximate surface area is 160 Å². The number of aryl methyl sites for hydroxylation is 1. The number of para-hydroxylation sites is 1. The largest absolute Gasteiger partial charge is 0.348 e. The van der Waals surface area contributed by atoms with Gasteiger partial charge < -0.3 is 16.4 Å². The minimum atomic E-state index is -0.201. The fourth-order valence-corrected chi connectivity index (χ4v) is 3.66. The molecule has 0 bridgehead atoms. The zero-order chi connectivity index (χ0) is 19.2. The predicted octanol–water partition coefficient (Wildman–Crippen LogP) is 3.24. The van der Waals surface area contributed by atoms with Crippen LogP contribution in [0.15, 0.2) is 48.5 Å². The molecule has 0 aliphatic heterocycles. The first-order valence-corrected chi connectivity index (χ1v) is 9.52. The van der Waals surface area contributed by atoms with Gasteiger partial charge in [-0.15, -0.1) is 0 Å². The van der Waals surface area contributed by atoms with E-state index in [4.69, 9.17) is 5.73 Å². The summed E-state index contributed by atoms with van der Waals surface area (Å²) in [6.07, 6.45) is 2.88. The van der Waals surface area contributed by atoms with Crippen LogP contribution in [-0.4, -0.2) is 18.4 Å². The highest BCUT2D eigenvalue weighted by atomic mass is 16.2. The van der Waals surface area contributed by atoms with Crippen molar-refractivity contribution in [2.24, 2.45) is 17.6 Å². The monoisotopic (exact) mass is 365 g/mol. The highest BCUT2D eigenvalue weighted by Gasteiger charge is 2.32. The fourth-order valence-electron chi connectivity index (χ4n) is 3.66. The van der Waals surface area contributed by atoms with E-state index < -0.39 is 0 Å². The number of benzene rings is 2. The Hall–Kier alpha value is -2.66. The summed E-state index contributed by atoms with van der Waals surface area (Å²) < 4.78 is 0. The molecule has 0 unspecified atom stereocenters. The molecule has 1 aliphatic carbocycles. The SMILES string of the molecule is Cc1ccc(CNC(=O)c2ccccc2NC(=O)[C@@H]2CCC[C@@H]2CN)cc1. The van der Waals surface area contributed by atoms with Gasteiger partial charge in [0.15, 0.2) is 0 Å². The maximum absolute atomic E-state index is 12.7. The van der Waals surface area contributed by atoms with E-state index in [-0.39, 0.29) is 23.7 Å². The molecule has 2 atom stereocenters. The molecule has 0 radical (unpaired) electrons. The summed E-state index contributed by atoms with van der Waals surface area (Å²) in [4.78, 5) is 25.3. The minimum Gasteiger partial charge on any atom is -0.348 e. The highest BCUT2D eigenvalue weighted by Crippen LogP contribution is 2.32. The van der Waals surface area contributed by atoms with Gasteiger partial charge in [-0.25, -0.2) is 0 Å². The first-order chi connectivity index (χ1) is 13.1. The van der Waals surface area contributed by atoms with Crippen molar-refractivity contribution < 1.29 is 9.59 Å². The quantitative estimate of drug-likeness (QED) is 0.735. The summed E-state index contributed by atoms with van der Waals surface area (Å²) in [5.41, 5.74) is 9.03. The van der Waals surface area contributed by atoms with Crippen LogP contribution in [-0.2, 0) is 11.3 Å². The Morgan fingerprint density at radius 2 is 1.81 bits per heavy atom. The number of nitrogens with two attached hydrogens (primary N) is 1. The zero-order valence-electron chi connectivity index (χ0n) is 15.7. The van der Waals surface area contributed by atoms with Crippen molar-refractivity contribution in [3.05, 3.63) is 65.2 Å². The number of hydrogen-bond donors (Lipinski definition) is 3. The van der Waals surface area contributed by atoms with E-state index in [0.29, 0.717) is 24.3 Å². The van der Waals surface area contributed by atoms with Crippen LogP contribution in [0.4, 0.5) is 5.69 Å². The Balaban J connectivity index is 1.66. The van der Waals surface area contributed by atoms with Crippen LogP contribution in [0.3, 0.4) is 0 Å². The third-order valence-electron chi connectivity index (χ3n) is 5.30. The van der Waals surface area contributed by atoms with Gasteiger partial charge in [-0.1, -0.05) is 48.4 Å². The lowest BCUT2D eigenvalue weighted by molar-refractivity contribution is -0.120. The van der Waals surface area contributed by atoms with E-state index in [1.54, 1.807) is 18.2 Å². The first kappa shape index (κ1) is 19.1. The molecule has 3 rings (SSSR count). The lowest BCUT2D eigenvalue weighted by atomic mass is 9.95. The van der Waals surface area contributed by atoms with Crippen LogP contribution in [0, 0.1) is 18.8 Å². The third kappa shape index (κ3) is 4.74. The normalized spacial score (nSPS) is 18.9. The van der Waals surface area contributed by atoms with E-state index >= 15 is 0 Å². The van der Waals surface area contributed by atoms with Gasteiger partial charge in [-0.2, -0.15) is 0 Å². The Morgan fingerprint density at radius 3 is 2.56 bits per heavy atom. The van der Waals surface area contributed by atoms with Crippen LogP contribution in [0.25, 0.3) is 0 Å². The van der Waals surface area contributed by atoms with Gasteiger partial charge in [-0.3, -0.25) is 9.59 Å². The van der Waals surface area contributed by atoms with Gasteiger partial charge >= 0.3 is 0 Å². The second-order valence-electron chi connectivity index (χ2n) is 7.24. The lowest BCUT2D eigenvalue weighted by Gasteiger charge is -2.18. The topological polar surface area (TPSA) is 84.2 Å². The molecule has 1 aliphatic rings. The molecule has 0 aromatic heterocycles. The number of amides is 2. The van der Waals surface area contributed by atoms with E-state index in [9.17, 15) is 9.59 Å². The minimum absolute atomic E-state index is 0.0401. The molecule has 27 heavy (non-hydrogen) atoms. The van der Waals surface area contributed by atoms with Crippen molar-refractivity contribution in [1.82, 2.24) is 5.32 Å². The second-order valence-corrected chi connectivity index (χ2v) is 7.24. The van der Waals surface area contributed by atoms with E-state index in [2.05, 4.69) is 10.6 Å². The van der Waals surface area contributed by atoms with Gasteiger partial charge in [0, 0.05) is 12.5 Å². The standard InChI is InChI=1S/C22H27N3O2/c1-15-9-11-16(12-10-15)14-24-21(26)19-6-2-3-8-20(19)25-22(27)18-7-4-5-17(18)13-23/h2-3,6,8-12,17-18H,4-5,7,13-14,23H2,1H3,(H,24,26)(H,25,27)/t17-,18-/m1/s1. The summed E-state index contributed by atoms with van der Waals surface area (Å²) in [7, 11) is 0. The number of carbonyl (C=O) groups excluding carboxylic acids is 2. The Kier molecular flexibility index (Phi) is 6.24. The van der Waals surface area contributed by atoms with Gasteiger partial charge in [0.1, 0.15) is 0 Å². The molecule has 0 saturated heterocycles. The Bertz CT molecular complexity index is 801. The lowest BCUT2D eigenvalue weighted by Crippen LogP contribution is -2.31. The third-order valence-corrected chi connectivity index (χ3v) is 5.30. The van der Waals surface area contributed by atoms with Crippen LogP contribution >= 0.6 is 0 Å². The smallest absolute Gasteiger partial charge is 0.253 e. The number of carbonyl (C=O) groups is 2. The van der Waals surface area contributed by atoms with E-state index in [1.165, 1.54) is 5.56 Å². The number of anilines is 1. The van der Waals surface area contributed by atoms with Gasteiger partial charge in [0.25, 0.3) is 5.91 Å². The maximum Gasteiger partial charge on any atom is 0.253 e. The number of nitrogens with one attached hydrogen (secondary N) is 2. The average molecular weight is 365 g/mol. The summed E-state index contributed by atoms with van der Waals surface area (Å²) in [6, 6.07) is 15.2. The van der Waals surface area contributed by atoms with Gasteiger partial charge in [0.2, 0.25) is 5.91 Å². The van der Waals surface area contributed by atoms with Crippen LogP contribution < -0.4 is 16.4 Å². The van der Waals surface area contributed by atoms with E-state index in [1.807, 2.05) is 37.3 Å². The molecule has 4 N–H and O–H groups in total. The molecule has 2 aromatic rings. The van der Waals surface area contributed by atoms with Crippen molar-refractivity contribution >= 4 is 17.5 Å². The molecule has 1 fully saturated rings. The maximum atomic E-state index is 12.7. The molecule has 2 aromatic carbocycles. The number of hydrogen-bond acceptors (Lipinski definition) is 3. The van der Waals surface area contributed by atoms with Crippen LogP contribution in [0.1, 0.15) is 40.7 Å². The summed E-state index contributed by atoms with van der Waals surface area (Å²) in [5.74, 6) is -0.0822. The molecule has 2 amide bonds. The van der Waals surface area contributed by atoms with Crippen LogP contribution in [0.2, 0.25) is 0 Å². The summed E-state index contributed by atoms with van der Waals surface area (Å²) in [6.45, 7) is 3.00. The molecule has 142 valence electrons. The predicted molar refractivity (Wildman–Crippen MR) is 107 cm³/mol. The van der Waals surface area contributed by atoms with Gasteiger partial charge in [0.05, 0.1) is 11.3 Å². The summed E-state index contributed by atoms with van der Waals surface area (Å²) >= 11 is 0. The van der Waals surface area contributed by atoms with Crippen molar-refractivity contribution in [2.75, 3.05) is 11.9 Å². The van der Waals surface area contributed by atoms with Gasteiger partial charge in [-0.05, 0) is 49.9 Å². The molecule has 5 heteroatoms. The number of rotatable bonds is 6. The highest BCUT2D eigenvalue weighted by molar-refractivity contribution is 6.04. The van der Waals surface area contributed by atoms with Crippen molar-refractivity contribution in [1.29, 1.82) is 0 Å².